The minimum Gasteiger partial charge on any atom is -0.456 e. The summed E-state index contributed by atoms with van der Waals surface area (Å²) in [7, 11) is 0. The zero-order valence-corrected chi connectivity index (χ0v) is 25.3. The largest absolute Gasteiger partial charge is 0.456 e. The highest BCUT2D eigenvalue weighted by Gasteiger charge is 2.23. The maximum atomic E-state index is 6.56. The molecule has 1 aliphatic rings. The number of fused-ring (bicyclic) bond motifs is 2. The lowest BCUT2D eigenvalue weighted by Crippen LogP contribution is -2.02. The molecule has 4 heteroatoms. The van der Waals surface area contributed by atoms with E-state index in [1.807, 2.05) is 72.8 Å². The van der Waals surface area contributed by atoms with E-state index in [4.69, 9.17) is 19.7 Å². The average molecular weight is 602 g/mol. The van der Waals surface area contributed by atoms with E-state index in [0.29, 0.717) is 17.5 Å². The number of hydrogen-bond acceptors (Lipinski definition) is 4. The van der Waals surface area contributed by atoms with E-state index in [1.165, 1.54) is 11.1 Å². The number of aromatic nitrogens is 3. The van der Waals surface area contributed by atoms with Crippen molar-refractivity contribution in [1.29, 1.82) is 0 Å². The average Bonchev–Trinajstić information content (AvgIpc) is 3.16. The normalized spacial score (nSPS) is 11.6. The number of benzene rings is 7. The standard InChI is InChI=1S/C43H27N3O/c1-4-12-28(13-5-1)31-18-10-19-32(26-31)33-22-24-38-37(27-33)35-21-11-20-34-36(23-25-39(47-38)40(34)35)43-45-41(29-14-6-2-7-15-29)44-42(46-43)30-16-8-3-9-17-30/h1-27H. The van der Waals surface area contributed by atoms with E-state index in [0.717, 1.165) is 61.2 Å². The van der Waals surface area contributed by atoms with Gasteiger partial charge in [-0.05, 0) is 63.5 Å². The second-order valence-electron chi connectivity index (χ2n) is 11.6. The number of hydrogen-bond donors (Lipinski definition) is 0. The van der Waals surface area contributed by atoms with Gasteiger partial charge in [0.25, 0.3) is 0 Å². The van der Waals surface area contributed by atoms with Crippen LogP contribution in [0.15, 0.2) is 164 Å². The minimum atomic E-state index is 0.624. The van der Waals surface area contributed by atoms with Gasteiger partial charge in [0, 0.05) is 27.6 Å². The Bertz CT molecular complexity index is 2370. The monoisotopic (exact) mass is 601 g/mol. The SMILES string of the molecule is c1ccc(-c2cccc(-c3ccc4c(c3)-c3cccc5c(-c6nc(-c7ccccc7)nc(-c7ccccc7)n6)ccc(c35)O4)c2)cc1. The summed E-state index contributed by atoms with van der Waals surface area (Å²) in [5.41, 5.74) is 9.70. The van der Waals surface area contributed by atoms with Crippen LogP contribution >= 0.6 is 0 Å². The van der Waals surface area contributed by atoms with Crippen LogP contribution < -0.4 is 4.74 Å². The zero-order valence-electron chi connectivity index (χ0n) is 25.3. The van der Waals surface area contributed by atoms with Gasteiger partial charge in [0.15, 0.2) is 17.5 Å². The van der Waals surface area contributed by atoms with Crippen molar-refractivity contribution in [3.8, 4) is 79.0 Å². The number of ether oxygens (including phenoxy) is 1. The molecule has 9 rings (SSSR count). The summed E-state index contributed by atoms with van der Waals surface area (Å²) in [6.07, 6.45) is 0. The highest BCUT2D eigenvalue weighted by Crippen LogP contribution is 2.49. The first-order valence-electron chi connectivity index (χ1n) is 15.7. The van der Waals surface area contributed by atoms with Crippen molar-refractivity contribution in [1.82, 2.24) is 15.0 Å². The molecule has 0 amide bonds. The topological polar surface area (TPSA) is 47.9 Å². The first-order chi connectivity index (χ1) is 23.3. The molecular weight excluding hydrogens is 574 g/mol. The fourth-order valence-corrected chi connectivity index (χ4v) is 6.44. The molecule has 7 aromatic carbocycles. The Morgan fingerprint density at radius 2 is 0.851 bits per heavy atom. The fraction of sp³-hybridized carbons (Fsp3) is 0. The summed E-state index contributed by atoms with van der Waals surface area (Å²) in [6, 6.07) is 56.3. The van der Waals surface area contributed by atoms with Crippen molar-refractivity contribution in [3.63, 3.8) is 0 Å². The first-order valence-corrected chi connectivity index (χ1v) is 15.7. The van der Waals surface area contributed by atoms with E-state index in [9.17, 15) is 0 Å². The number of rotatable bonds is 5. The second-order valence-corrected chi connectivity index (χ2v) is 11.6. The van der Waals surface area contributed by atoms with Crippen molar-refractivity contribution >= 4 is 10.8 Å². The van der Waals surface area contributed by atoms with Gasteiger partial charge in [-0.2, -0.15) is 0 Å². The minimum absolute atomic E-state index is 0.624. The highest BCUT2D eigenvalue weighted by molar-refractivity contribution is 6.09. The van der Waals surface area contributed by atoms with Crippen LogP contribution in [0.1, 0.15) is 0 Å². The van der Waals surface area contributed by atoms with Crippen molar-refractivity contribution in [2.75, 3.05) is 0 Å². The van der Waals surface area contributed by atoms with E-state index >= 15 is 0 Å². The summed E-state index contributed by atoms with van der Waals surface area (Å²) >= 11 is 0. The van der Waals surface area contributed by atoms with Crippen LogP contribution in [-0.2, 0) is 0 Å². The quantitative estimate of drug-likeness (QED) is 0.197. The van der Waals surface area contributed by atoms with Crippen LogP contribution in [0, 0.1) is 0 Å². The van der Waals surface area contributed by atoms with Gasteiger partial charge in [-0.25, -0.2) is 15.0 Å². The lowest BCUT2D eigenvalue weighted by Gasteiger charge is -2.23. The van der Waals surface area contributed by atoms with Crippen molar-refractivity contribution in [3.05, 3.63) is 164 Å². The van der Waals surface area contributed by atoms with Crippen molar-refractivity contribution in [2.45, 2.75) is 0 Å². The van der Waals surface area contributed by atoms with E-state index in [2.05, 4.69) is 91.0 Å². The highest BCUT2D eigenvalue weighted by atomic mass is 16.5. The Kier molecular flexibility index (Phi) is 6.43. The first kappa shape index (κ1) is 27.0. The summed E-state index contributed by atoms with van der Waals surface area (Å²) < 4.78 is 6.56. The molecule has 0 aliphatic carbocycles. The van der Waals surface area contributed by atoms with Gasteiger partial charge in [0.2, 0.25) is 0 Å². The fourth-order valence-electron chi connectivity index (χ4n) is 6.44. The van der Waals surface area contributed by atoms with Crippen molar-refractivity contribution < 1.29 is 4.74 Å². The van der Waals surface area contributed by atoms with E-state index in [1.54, 1.807) is 0 Å². The predicted molar refractivity (Wildman–Crippen MR) is 190 cm³/mol. The smallest absolute Gasteiger partial charge is 0.164 e. The maximum absolute atomic E-state index is 6.56. The molecule has 0 saturated heterocycles. The molecule has 4 nitrogen and oxygen atoms in total. The molecule has 0 spiro atoms. The molecule has 1 aliphatic heterocycles. The molecule has 0 radical (unpaired) electrons. The molecule has 2 heterocycles. The molecule has 220 valence electrons. The van der Waals surface area contributed by atoms with Gasteiger partial charge in [-0.15, -0.1) is 0 Å². The maximum Gasteiger partial charge on any atom is 0.164 e. The molecule has 0 atom stereocenters. The van der Waals surface area contributed by atoms with Gasteiger partial charge in [0.05, 0.1) is 0 Å². The van der Waals surface area contributed by atoms with Crippen LogP contribution in [0.4, 0.5) is 0 Å². The van der Waals surface area contributed by atoms with Gasteiger partial charge in [-0.3, -0.25) is 0 Å². The molecule has 8 aromatic rings. The Morgan fingerprint density at radius 1 is 0.319 bits per heavy atom. The van der Waals surface area contributed by atoms with Crippen molar-refractivity contribution in [2.24, 2.45) is 0 Å². The Labute approximate surface area is 272 Å². The van der Waals surface area contributed by atoms with Gasteiger partial charge >= 0.3 is 0 Å². The summed E-state index contributed by atoms with van der Waals surface area (Å²) in [5, 5.41) is 2.09. The summed E-state index contributed by atoms with van der Waals surface area (Å²) in [4.78, 5) is 14.9. The second kappa shape index (κ2) is 11.2. The van der Waals surface area contributed by atoms with Crippen LogP contribution in [0.2, 0.25) is 0 Å². The third-order valence-electron chi connectivity index (χ3n) is 8.74. The third-order valence-corrected chi connectivity index (χ3v) is 8.74. The van der Waals surface area contributed by atoms with Gasteiger partial charge in [-0.1, -0.05) is 133 Å². The Morgan fingerprint density at radius 3 is 1.53 bits per heavy atom. The van der Waals surface area contributed by atoms with Crippen LogP contribution in [-0.4, -0.2) is 15.0 Å². The molecule has 0 saturated carbocycles. The zero-order chi connectivity index (χ0) is 31.2. The Balaban J connectivity index is 1.19. The van der Waals surface area contributed by atoms with Gasteiger partial charge < -0.3 is 4.74 Å². The van der Waals surface area contributed by atoms with Crippen LogP contribution in [0.25, 0.3) is 78.3 Å². The summed E-state index contributed by atoms with van der Waals surface area (Å²) in [5.74, 6) is 3.57. The molecular formula is C43H27N3O. The number of nitrogens with zero attached hydrogens (tertiary/aromatic N) is 3. The van der Waals surface area contributed by atoms with Gasteiger partial charge in [0.1, 0.15) is 11.5 Å². The lowest BCUT2D eigenvalue weighted by molar-refractivity contribution is 0.487. The molecule has 1 aromatic heterocycles. The van der Waals surface area contributed by atoms with E-state index < -0.39 is 0 Å². The molecule has 0 N–H and O–H groups in total. The predicted octanol–water partition coefficient (Wildman–Crippen LogP) is 11.1. The van der Waals surface area contributed by atoms with Crippen LogP contribution in [0.5, 0.6) is 11.5 Å². The third kappa shape index (κ3) is 4.84. The molecule has 47 heavy (non-hydrogen) atoms. The Hall–Kier alpha value is -6.39. The molecule has 0 fully saturated rings. The van der Waals surface area contributed by atoms with E-state index in [-0.39, 0.29) is 0 Å². The molecule has 0 unspecified atom stereocenters. The summed E-state index contributed by atoms with van der Waals surface area (Å²) in [6.45, 7) is 0. The van der Waals surface area contributed by atoms with Crippen LogP contribution in [0.3, 0.4) is 0 Å². The molecule has 0 bridgehead atoms. The lowest BCUT2D eigenvalue weighted by atomic mass is 9.90.